The van der Waals surface area contributed by atoms with E-state index in [4.69, 9.17) is 28.4 Å². The molecule has 4 rings (SSSR count). The van der Waals surface area contributed by atoms with Gasteiger partial charge in [-0.1, -0.05) is 70.4 Å². The summed E-state index contributed by atoms with van der Waals surface area (Å²) < 4.78 is 92.0. The van der Waals surface area contributed by atoms with Crippen LogP contribution in [0.15, 0.2) is 54.6 Å². The lowest BCUT2D eigenvalue weighted by atomic mass is 10.0. The largest absolute Gasteiger partial charge is 0.489 e. The number of esters is 2. The summed E-state index contributed by atoms with van der Waals surface area (Å²) in [6.07, 6.45) is 2.11. The Kier molecular flexibility index (Phi) is 21.7. The number of unbranched alkanes of at least 4 members (excludes halogenated alkanes) is 3. The molecule has 1 unspecified atom stereocenters. The number of nitrogens with zero attached hydrogens (tertiary/aromatic N) is 4. The van der Waals surface area contributed by atoms with Crippen molar-refractivity contribution in [2.45, 2.75) is 98.3 Å². The smallest absolute Gasteiger partial charge is 0.409 e. The van der Waals surface area contributed by atoms with Crippen molar-refractivity contribution in [2.24, 2.45) is 0 Å². The molecule has 19 heteroatoms. The highest BCUT2D eigenvalue weighted by Crippen LogP contribution is 2.32. The first kappa shape index (κ1) is 54.5. The van der Waals surface area contributed by atoms with E-state index in [9.17, 15) is 41.5 Å². The molecule has 15 nitrogen and oxygen atoms in total. The van der Waals surface area contributed by atoms with E-state index in [1.54, 1.807) is 56.0 Å². The molecular formula is C49H64F4N4O11. The molecule has 0 aliphatic carbocycles. The third kappa shape index (κ3) is 16.9. The quantitative estimate of drug-likeness (QED) is 0.0316. The van der Waals surface area contributed by atoms with E-state index in [1.165, 1.54) is 32.9 Å². The molecule has 0 radical (unpaired) electrons. The molecular weight excluding hydrogens is 897 g/mol. The highest BCUT2D eigenvalue weighted by Gasteiger charge is 2.36. The van der Waals surface area contributed by atoms with Crippen LogP contribution in [0.3, 0.4) is 0 Å². The number of halogens is 4. The molecule has 0 N–H and O–H groups in total. The van der Waals surface area contributed by atoms with Gasteiger partial charge in [0.25, 0.3) is 0 Å². The van der Waals surface area contributed by atoms with E-state index in [2.05, 4.69) is 0 Å². The number of benzene rings is 3. The van der Waals surface area contributed by atoms with Gasteiger partial charge < -0.3 is 43.1 Å². The standard InChI is InChI=1S/C49H64F4N4O11/c1-7-10-26-63-46(60)55-20-18-54(19-21-56(47(61)64-27-11-8-2)23-25-57(24-22-55)48(62)65-28-12-9-3)42(45(59)68-49(4,5)6)35-29-36(31-37(30-35)66-33-34-16-14-13-15-17-34)44(58)67-43-40(52)38(50)32-39(51)41(43)53/h13-17,29-32,42H,7-12,18-28,33H2,1-6H3. The third-order valence-corrected chi connectivity index (χ3v) is 10.5. The zero-order valence-electron chi connectivity index (χ0n) is 39.8. The van der Waals surface area contributed by atoms with Crippen LogP contribution in [-0.4, -0.2) is 128 Å². The van der Waals surface area contributed by atoms with Crippen molar-refractivity contribution >= 4 is 30.2 Å². The van der Waals surface area contributed by atoms with Crippen LogP contribution in [0.5, 0.6) is 11.5 Å². The lowest BCUT2D eigenvalue weighted by Crippen LogP contribution is -2.51. The predicted molar refractivity (Wildman–Crippen MR) is 242 cm³/mol. The van der Waals surface area contributed by atoms with Crippen molar-refractivity contribution < 1.29 is 70.0 Å². The summed E-state index contributed by atoms with van der Waals surface area (Å²) in [5.74, 6) is -11.5. The second-order valence-electron chi connectivity index (χ2n) is 17.1. The highest BCUT2D eigenvalue weighted by molar-refractivity contribution is 5.92. The van der Waals surface area contributed by atoms with E-state index in [0.29, 0.717) is 24.8 Å². The SMILES string of the molecule is CCCCOC(=O)N1CCN(C(=O)OCCCC)CCN(C(C(=O)OC(C)(C)C)c2cc(OCc3ccccc3)cc(C(=O)Oc3c(F)c(F)cc(F)c3F)c2)CCN(C(=O)OCCCC)CC1. The molecule has 1 aliphatic rings. The molecule has 1 atom stereocenters. The Labute approximate surface area is 395 Å². The van der Waals surface area contributed by atoms with Crippen molar-refractivity contribution in [1.29, 1.82) is 0 Å². The normalized spacial score (nSPS) is 14.5. The molecule has 3 amide bonds. The molecule has 3 aromatic carbocycles. The third-order valence-electron chi connectivity index (χ3n) is 10.5. The van der Waals surface area contributed by atoms with Gasteiger partial charge in [0.15, 0.2) is 11.6 Å². The lowest BCUT2D eigenvalue weighted by molar-refractivity contribution is -0.162. The van der Waals surface area contributed by atoms with Crippen LogP contribution >= 0.6 is 0 Å². The van der Waals surface area contributed by atoms with Gasteiger partial charge in [-0.2, -0.15) is 8.78 Å². The van der Waals surface area contributed by atoms with Crippen LogP contribution in [0.2, 0.25) is 0 Å². The van der Waals surface area contributed by atoms with E-state index in [-0.39, 0.29) is 96.2 Å². The fourth-order valence-corrected chi connectivity index (χ4v) is 6.79. The molecule has 0 bridgehead atoms. The van der Waals surface area contributed by atoms with Gasteiger partial charge in [0.05, 0.1) is 25.4 Å². The Morgan fingerprint density at radius 1 is 0.618 bits per heavy atom. The van der Waals surface area contributed by atoms with Crippen LogP contribution in [0.1, 0.15) is 108 Å². The topological polar surface area (TPSA) is 154 Å². The Morgan fingerprint density at radius 3 is 1.51 bits per heavy atom. The first-order valence-corrected chi connectivity index (χ1v) is 23.0. The van der Waals surface area contributed by atoms with Gasteiger partial charge in [-0.05, 0) is 69.4 Å². The van der Waals surface area contributed by atoms with Gasteiger partial charge in [-0.15, -0.1) is 0 Å². The summed E-state index contributed by atoms with van der Waals surface area (Å²) in [5.41, 5.74) is -0.783. The van der Waals surface area contributed by atoms with Crippen molar-refractivity contribution in [1.82, 2.24) is 19.6 Å². The zero-order chi connectivity index (χ0) is 49.8. The van der Waals surface area contributed by atoms with E-state index in [0.717, 1.165) is 19.3 Å². The number of carbonyl (C=O) groups is 5. The number of amides is 3. The summed E-state index contributed by atoms with van der Waals surface area (Å²) in [7, 11) is 0. The molecule has 0 aromatic heterocycles. The zero-order valence-corrected chi connectivity index (χ0v) is 39.8. The van der Waals surface area contributed by atoms with Gasteiger partial charge in [0, 0.05) is 58.4 Å². The molecule has 1 fully saturated rings. The number of rotatable bonds is 17. The summed E-state index contributed by atoms with van der Waals surface area (Å²) in [6, 6.07) is 11.2. The number of ether oxygens (including phenoxy) is 6. The van der Waals surface area contributed by atoms with Crippen molar-refractivity contribution in [2.75, 3.05) is 72.2 Å². The fourth-order valence-electron chi connectivity index (χ4n) is 6.79. The van der Waals surface area contributed by atoms with Gasteiger partial charge in [0.2, 0.25) is 17.4 Å². The maximum absolute atomic E-state index is 14.8. The van der Waals surface area contributed by atoms with Crippen molar-refractivity contribution in [3.8, 4) is 11.5 Å². The van der Waals surface area contributed by atoms with Crippen molar-refractivity contribution in [3.05, 3.63) is 94.6 Å². The minimum absolute atomic E-state index is 0.00920. The first-order valence-electron chi connectivity index (χ1n) is 23.0. The van der Waals surface area contributed by atoms with Crippen LogP contribution in [-0.2, 0) is 30.3 Å². The monoisotopic (exact) mass is 960 g/mol. The van der Waals surface area contributed by atoms with Crippen molar-refractivity contribution in [3.63, 3.8) is 0 Å². The molecule has 68 heavy (non-hydrogen) atoms. The second-order valence-corrected chi connectivity index (χ2v) is 17.1. The number of hydrogen-bond donors (Lipinski definition) is 0. The molecule has 1 heterocycles. The predicted octanol–water partition coefficient (Wildman–Crippen LogP) is 9.46. The van der Waals surface area contributed by atoms with E-state index < -0.39 is 76.4 Å². The Hall–Kier alpha value is -6.11. The molecule has 0 saturated carbocycles. The number of hydrogen-bond acceptors (Lipinski definition) is 12. The number of carbonyl (C=O) groups excluding carboxylic acids is 5. The fraction of sp³-hybridized carbons (Fsp3) is 0.531. The van der Waals surface area contributed by atoms with Crippen LogP contribution in [0, 0.1) is 23.3 Å². The molecule has 3 aromatic rings. The minimum Gasteiger partial charge on any atom is -0.489 e. The van der Waals surface area contributed by atoms with Crippen LogP contribution in [0.4, 0.5) is 31.9 Å². The molecule has 1 saturated heterocycles. The average molecular weight is 961 g/mol. The highest BCUT2D eigenvalue weighted by atomic mass is 19.2. The van der Waals surface area contributed by atoms with Gasteiger partial charge in [0.1, 0.15) is 24.0 Å². The van der Waals surface area contributed by atoms with Gasteiger partial charge >= 0.3 is 30.2 Å². The maximum Gasteiger partial charge on any atom is 0.409 e. The van der Waals surface area contributed by atoms with Gasteiger partial charge in [-0.3, -0.25) is 4.90 Å². The Bertz CT molecular complexity index is 2080. The van der Waals surface area contributed by atoms with Crippen LogP contribution in [0.25, 0.3) is 0 Å². The Balaban J connectivity index is 1.87. The van der Waals surface area contributed by atoms with Gasteiger partial charge in [-0.25, -0.2) is 32.8 Å². The minimum atomic E-state index is -1.95. The summed E-state index contributed by atoms with van der Waals surface area (Å²) in [5, 5.41) is 0. The molecule has 374 valence electrons. The second kappa shape index (κ2) is 27.0. The van der Waals surface area contributed by atoms with Crippen LogP contribution < -0.4 is 9.47 Å². The molecule has 1 aliphatic heterocycles. The van der Waals surface area contributed by atoms with E-state index in [1.807, 2.05) is 20.8 Å². The molecule has 0 spiro atoms. The Morgan fingerprint density at radius 2 is 1.07 bits per heavy atom. The lowest BCUT2D eigenvalue weighted by Gasteiger charge is -2.37. The average Bonchev–Trinajstić information content (AvgIpc) is 3.29. The first-order chi connectivity index (χ1) is 32.5. The maximum atomic E-state index is 14.8. The summed E-state index contributed by atoms with van der Waals surface area (Å²) in [4.78, 5) is 75.2. The van der Waals surface area contributed by atoms with E-state index >= 15 is 0 Å². The summed E-state index contributed by atoms with van der Waals surface area (Å²) >= 11 is 0. The summed E-state index contributed by atoms with van der Waals surface area (Å²) in [6.45, 7) is 10.7.